The van der Waals surface area contributed by atoms with Crippen molar-refractivity contribution in [2.24, 2.45) is 0 Å². The first-order chi connectivity index (χ1) is 7.29. The van der Waals surface area contributed by atoms with Crippen LogP contribution in [0, 0.1) is 0 Å². The Morgan fingerprint density at radius 3 is 2.73 bits per heavy atom. The van der Waals surface area contributed by atoms with Gasteiger partial charge in [0, 0.05) is 23.7 Å². The third-order valence-electron chi connectivity index (χ3n) is 2.11. The van der Waals surface area contributed by atoms with Crippen molar-refractivity contribution >= 4 is 16.5 Å². The predicted molar refractivity (Wildman–Crippen MR) is 60.7 cm³/mol. The van der Waals surface area contributed by atoms with Gasteiger partial charge >= 0.3 is 0 Å². The molecule has 0 aliphatic carbocycles. The largest absolute Gasteiger partial charge is 0.375 e. The molecule has 2 aromatic heterocycles. The van der Waals surface area contributed by atoms with E-state index in [1.54, 1.807) is 11.3 Å². The molecule has 0 aromatic carbocycles. The monoisotopic (exact) mass is 220 g/mol. The maximum absolute atomic E-state index is 5.68. The maximum Gasteiger partial charge on any atom is 0.180 e. The minimum Gasteiger partial charge on any atom is -0.375 e. The van der Waals surface area contributed by atoms with Crippen LogP contribution in [0.25, 0.3) is 0 Å². The van der Waals surface area contributed by atoms with Crippen LogP contribution in [0.15, 0.2) is 18.7 Å². The molecule has 0 spiro atoms. The van der Waals surface area contributed by atoms with Crippen LogP contribution in [0.2, 0.25) is 0 Å². The molecule has 2 heterocycles. The Balaban J connectivity index is 2.24. The second kappa shape index (κ2) is 4.35. The molecule has 2 rings (SSSR count). The van der Waals surface area contributed by atoms with E-state index in [4.69, 9.17) is 5.73 Å². The van der Waals surface area contributed by atoms with Crippen LogP contribution in [0.5, 0.6) is 0 Å². The summed E-state index contributed by atoms with van der Waals surface area (Å²) in [6, 6.07) is 0. The van der Waals surface area contributed by atoms with Gasteiger partial charge in [-0.2, -0.15) is 0 Å². The van der Waals surface area contributed by atoms with Crippen molar-refractivity contribution < 1.29 is 0 Å². The molecule has 0 aliphatic rings. The van der Waals surface area contributed by atoms with Crippen LogP contribution in [-0.4, -0.2) is 15.0 Å². The lowest BCUT2D eigenvalue weighted by Gasteiger charge is -1.98. The summed E-state index contributed by atoms with van der Waals surface area (Å²) >= 11 is 1.54. The van der Waals surface area contributed by atoms with Gasteiger partial charge in [0.15, 0.2) is 5.13 Å². The van der Waals surface area contributed by atoms with Crippen LogP contribution >= 0.6 is 11.3 Å². The molecular weight excluding hydrogens is 208 g/mol. The average Bonchev–Trinajstić information content (AvgIpc) is 2.60. The van der Waals surface area contributed by atoms with Crippen molar-refractivity contribution in [3.8, 4) is 0 Å². The lowest BCUT2D eigenvalue weighted by Crippen LogP contribution is -1.92. The molecular formula is C10H12N4S. The van der Waals surface area contributed by atoms with Crippen LogP contribution in [0.1, 0.15) is 23.1 Å². The molecule has 0 saturated carbocycles. The first-order valence-electron chi connectivity index (χ1n) is 4.77. The highest BCUT2D eigenvalue weighted by molar-refractivity contribution is 7.15. The topological polar surface area (TPSA) is 64.7 Å². The molecule has 5 heteroatoms. The van der Waals surface area contributed by atoms with Crippen molar-refractivity contribution in [2.45, 2.75) is 19.8 Å². The zero-order valence-corrected chi connectivity index (χ0v) is 9.29. The van der Waals surface area contributed by atoms with E-state index < -0.39 is 0 Å². The average molecular weight is 220 g/mol. The highest BCUT2D eigenvalue weighted by atomic mass is 32.1. The third kappa shape index (κ3) is 2.30. The zero-order chi connectivity index (χ0) is 10.7. The second-order valence-electron chi connectivity index (χ2n) is 3.20. The summed E-state index contributed by atoms with van der Waals surface area (Å²) in [7, 11) is 0. The van der Waals surface area contributed by atoms with Gasteiger partial charge in [-0.3, -0.25) is 0 Å². The lowest BCUT2D eigenvalue weighted by atomic mass is 10.2. The van der Waals surface area contributed by atoms with Crippen molar-refractivity contribution in [1.29, 1.82) is 0 Å². The van der Waals surface area contributed by atoms with E-state index in [2.05, 4.69) is 21.9 Å². The number of aromatic nitrogens is 3. The van der Waals surface area contributed by atoms with Gasteiger partial charge in [0.05, 0.1) is 5.69 Å². The van der Waals surface area contributed by atoms with Gasteiger partial charge in [0.25, 0.3) is 0 Å². The van der Waals surface area contributed by atoms with E-state index in [0.29, 0.717) is 5.13 Å². The molecule has 2 N–H and O–H groups in total. The molecule has 0 atom stereocenters. The Bertz CT molecular complexity index is 438. The highest BCUT2D eigenvalue weighted by Gasteiger charge is 2.08. The van der Waals surface area contributed by atoms with Crippen molar-refractivity contribution in [1.82, 2.24) is 15.0 Å². The number of thiazole rings is 1. The lowest BCUT2D eigenvalue weighted by molar-refractivity contribution is 1.01. The first kappa shape index (κ1) is 10.0. The third-order valence-corrected chi connectivity index (χ3v) is 3.04. The fraction of sp³-hybridized carbons (Fsp3) is 0.300. The molecule has 0 amide bonds. The molecule has 0 radical (unpaired) electrons. The minimum atomic E-state index is 0.638. The molecule has 0 fully saturated rings. The van der Waals surface area contributed by atoms with Gasteiger partial charge in [-0.15, -0.1) is 11.3 Å². The van der Waals surface area contributed by atoms with Crippen LogP contribution in [0.3, 0.4) is 0 Å². The molecule has 15 heavy (non-hydrogen) atoms. The molecule has 4 nitrogen and oxygen atoms in total. The summed E-state index contributed by atoms with van der Waals surface area (Å²) < 4.78 is 0. The Hall–Kier alpha value is -1.49. The highest BCUT2D eigenvalue weighted by Crippen LogP contribution is 2.23. The van der Waals surface area contributed by atoms with Gasteiger partial charge in [0.2, 0.25) is 0 Å². The molecule has 0 bridgehead atoms. The van der Waals surface area contributed by atoms with E-state index in [1.807, 2.05) is 12.4 Å². The fourth-order valence-electron chi connectivity index (χ4n) is 1.42. The van der Waals surface area contributed by atoms with Crippen molar-refractivity contribution in [3.05, 3.63) is 34.9 Å². The molecule has 0 aliphatic heterocycles. The normalized spacial score (nSPS) is 10.5. The zero-order valence-electron chi connectivity index (χ0n) is 8.47. The predicted octanol–water partition coefficient (Wildman–Crippen LogP) is 1.67. The molecule has 2 aromatic rings. The van der Waals surface area contributed by atoms with Crippen molar-refractivity contribution in [2.75, 3.05) is 5.73 Å². The molecule has 0 saturated heterocycles. The Kier molecular flexibility index (Phi) is 2.91. The van der Waals surface area contributed by atoms with Gasteiger partial charge in [-0.1, -0.05) is 6.92 Å². The minimum absolute atomic E-state index is 0.638. The Morgan fingerprint density at radius 1 is 1.33 bits per heavy atom. The molecule has 0 unspecified atom stereocenters. The number of nitrogens with two attached hydrogens (primary N) is 1. The number of hydrogen-bond donors (Lipinski definition) is 1. The molecule has 78 valence electrons. The Labute approximate surface area is 92.2 Å². The number of hydrogen-bond acceptors (Lipinski definition) is 5. The van der Waals surface area contributed by atoms with E-state index in [1.165, 1.54) is 11.2 Å². The van der Waals surface area contributed by atoms with Gasteiger partial charge in [-0.25, -0.2) is 15.0 Å². The smallest absolute Gasteiger partial charge is 0.180 e. The number of nitrogens with zero attached hydrogens (tertiary/aromatic N) is 3. The van der Waals surface area contributed by atoms with Gasteiger partial charge < -0.3 is 5.73 Å². The summed E-state index contributed by atoms with van der Waals surface area (Å²) in [5.74, 6) is 0. The van der Waals surface area contributed by atoms with Gasteiger partial charge in [-0.05, 0) is 12.0 Å². The second-order valence-corrected chi connectivity index (χ2v) is 4.31. The standard InChI is InChI=1S/C10H12N4S/c1-2-8-9(15-10(11)14-8)3-7-4-12-6-13-5-7/h4-6H,2-3H2,1H3,(H2,11,14). The quantitative estimate of drug-likeness (QED) is 0.854. The Morgan fingerprint density at radius 2 is 2.07 bits per heavy atom. The summed E-state index contributed by atoms with van der Waals surface area (Å²) in [6.07, 6.45) is 6.91. The number of nitrogen functional groups attached to an aromatic ring is 1. The van der Waals surface area contributed by atoms with Gasteiger partial charge in [0.1, 0.15) is 6.33 Å². The number of aryl methyl sites for hydroxylation is 1. The maximum atomic E-state index is 5.68. The summed E-state index contributed by atoms with van der Waals surface area (Å²) in [5, 5.41) is 0.638. The van der Waals surface area contributed by atoms with Crippen LogP contribution in [0.4, 0.5) is 5.13 Å². The van der Waals surface area contributed by atoms with Crippen molar-refractivity contribution in [3.63, 3.8) is 0 Å². The number of anilines is 1. The van der Waals surface area contributed by atoms with E-state index in [0.717, 1.165) is 24.1 Å². The van der Waals surface area contributed by atoms with Crippen LogP contribution in [-0.2, 0) is 12.8 Å². The summed E-state index contributed by atoms with van der Waals surface area (Å²) in [4.78, 5) is 13.5. The van der Waals surface area contributed by atoms with E-state index >= 15 is 0 Å². The number of rotatable bonds is 3. The summed E-state index contributed by atoms with van der Waals surface area (Å²) in [5.41, 5.74) is 7.86. The summed E-state index contributed by atoms with van der Waals surface area (Å²) in [6.45, 7) is 2.08. The van der Waals surface area contributed by atoms with E-state index in [9.17, 15) is 0 Å². The fourth-order valence-corrected chi connectivity index (χ4v) is 2.38. The first-order valence-corrected chi connectivity index (χ1v) is 5.59. The van der Waals surface area contributed by atoms with Crippen LogP contribution < -0.4 is 5.73 Å². The van der Waals surface area contributed by atoms with E-state index in [-0.39, 0.29) is 0 Å². The SMILES string of the molecule is CCc1nc(N)sc1Cc1cncnc1.